The molecule has 2 aromatic rings. The molecule has 0 saturated heterocycles. The number of anilines is 1. The van der Waals surface area contributed by atoms with E-state index >= 15 is 0 Å². The molecule has 0 aromatic heterocycles. The van der Waals surface area contributed by atoms with Crippen LogP contribution in [0.3, 0.4) is 0 Å². The van der Waals surface area contributed by atoms with Gasteiger partial charge in [-0.05, 0) is 36.8 Å². The SMILES string of the molecule is COc1ccc(CC(=O)NCC(=O)Nc2ccc(C)cc2)cc1. The third-order valence-electron chi connectivity index (χ3n) is 3.31. The second kappa shape index (κ2) is 7.98. The first kappa shape index (κ1) is 16.5. The monoisotopic (exact) mass is 312 g/mol. The molecule has 0 spiro atoms. The first-order valence-corrected chi connectivity index (χ1v) is 7.33. The smallest absolute Gasteiger partial charge is 0.243 e. The van der Waals surface area contributed by atoms with Crippen molar-refractivity contribution in [3.63, 3.8) is 0 Å². The van der Waals surface area contributed by atoms with Crippen LogP contribution in [-0.4, -0.2) is 25.5 Å². The Morgan fingerprint density at radius 2 is 1.61 bits per heavy atom. The molecule has 2 aromatic carbocycles. The molecular weight excluding hydrogens is 292 g/mol. The van der Waals surface area contributed by atoms with E-state index in [4.69, 9.17) is 4.74 Å². The van der Waals surface area contributed by atoms with Crippen LogP contribution >= 0.6 is 0 Å². The van der Waals surface area contributed by atoms with Gasteiger partial charge in [0.15, 0.2) is 0 Å². The largest absolute Gasteiger partial charge is 0.497 e. The Kier molecular flexibility index (Phi) is 5.74. The van der Waals surface area contributed by atoms with Crippen molar-refractivity contribution < 1.29 is 14.3 Å². The van der Waals surface area contributed by atoms with E-state index in [1.165, 1.54) is 0 Å². The minimum atomic E-state index is -0.253. The van der Waals surface area contributed by atoms with E-state index < -0.39 is 0 Å². The molecule has 2 amide bonds. The predicted molar refractivity (Wildman–Crippen MR) is 89.5 cm³/mol. The third-order valence-corrected chi connectivity index (χ3v) is 3.31. The molecule has 0 aliphatic carbocycles. The van der Waals surface area contributed by atoms with Crippen LogP contribution in [0.5, 0.6) is 5.75 Å². The van der Waals surface area contributed by atoms with Crippen LogP contribution in [0.15, 0.2) is 48.5 Å². The van der Waals surface area contributed by atoms with Gasteiger partial charge in [0.1, 0.15) is 5.75 Å². The van der Waals surface area contributed by atoms with E-state index in [-0.39, 0.29) is 24.8 Å². The van der Waals surface area contributed by atoms with Crippen molar-refractivity contribution in [2.45, 2.75) is 13.3 Å². The topological polar surface area (TPSA) is 67.4 Å². The van der Waals surface area contributed by atoms with Crippen LogP contribution in [-0.2, 0) is 16.0 Å². The number of hydrogen-bond donors (Lipinski definition) is 2. The summed E-state index contributed by atoms with van der Waals surface area (Å²) in [5.74, 6) is 0.290. The number of carbonyl (C=O) groups is 2. The minimum absolute atomic E-state index is 0.0527. The normalized spacial score (nSPS) is 10.0. The summed E-state index contributed by atoms with van der Waals surface area (Å²) in [5.41, 5.74) is 2.70. The summed E-state index contributed by atoms with van der Waals surface area (Å²) in [7, 11) is 1.59. The van der Waals surface area contributed by atoms with Crippen LogP contribution < -0.4 is 15.4 Å². The van der Waals surface area contributed by atoms with E-state index in [1.807, 2.05) is 43.3 Å². The average Bonchev–Trinajstić information content (AvgIpc) is 2.56. The van der Waals surface area contributed by atoms with Crippen molar-refractivity contribution >= 4 is 17.5 Å². The molecule has 5 nitrogen and oxygen atoms in total. The van der Waals surface area contributed by atoms with Crippen LogP contribution in [0.25, 0.3) is 0 Å². The number of aryl methyl sites for hydroxylation is 1. The highest BCUT2D eigenvalue weighted by Crippen LogP contribution is 2.11. The lowest BCUT2D eigenvalue weighted by molar-refractivity contribution is -0.123. The fourth-order valence-corrected chi connectivity index (χ4v) is 2.01. The molecule has 0 aliphatic rings. The fourth-order valence-electron chi connectivity index (χ4n) is 2.01. The minimum Gasteiger partial charge on any atom is -0.497 e. The lowest BCUT2D eigenvalue weighted by atomic mass is 10.1. The first-order valence-electron chi connectivity index (χ1n) is 7.33. The molecule has 2 rings (SSSR count). The second-order valence-corrected chi connectivity index (χ2v) is 5.22. The standard InChI is InChI=1S/C18H20N2O3/c1-13-3-7-15(8-4-13)20-18(22)12-19-17(21)11-14-5-9-16(23-2)10-6-14/h3-10H,11-12H2,1-2H3,(H,19,21)(H,20,22). The summed E-state index contributed by atoms with van der Waals surface area (Å²) in [5, 5.41) is 5.34. The number of amides is 2. The number of benzene rings is 2. The van der Waals surface area contributed by atoms with Crippen LogP contribution in [0.1, 0.15) is 11.1 Å². The summed E-state index contributed by atoms with van der Waals surface area (Å²) < 4.78 is 5.06. The molecule has 0 radical (unpaired) electrons. The van der Waals surface area contributed by atoms with Crippen molar-refractivity contribution in [3.8, 4) is 5.75 Å². The highest BCUT2D eigenvalue weighted by molar-refractivity contribution is 5.94. The second-order valence-electron chi connectivity index (χ2n) is 5.22. The maximum Gasteiger partial charge on any atom is 0.243 e. The Morgan fingerprint density at radius 3 is 2.22 bits per heavy atom. The van der Waals surface area contributed by atoms with Gasteiger partial charge in [-0.2, -0.15) is 0 Å². The fraction of sp³-hybridized carbons (Fsp3) is 0.222. The number of carbonyl (C=O) groups excluding carboxylic acids is 2. The van der Waals surface area contributed by atoms with Gasteiger partial charge in [0.25, 0.3) is 0 Å². The predicted octanol–water partition coefficient (Wildman–Crippen LogP) is 2.30. The van der Waals surface area contributed by atoms with Crippen molar-refractivity contribution in [1.82, 2.24) is 5.32 Å². The Balaban J connectivity index is 1.76. The quantitative estimate of drug-likeness (QED) is 0.860. The summed E-state index contributed by atoms with van der Waals surface area (Å²) in [4.78, 5) is 23.6. The van der Waals surface area contributed by atoms with Gasteiger partial charge in [-0.3, -0.25) is 9.59 Å². The van der Waals surface area contributed by atoms with E-state index in [2.05, 4.69) is 10.6 Å². The zero-order valence-corrected chi connectivity index (χ0v) is 13.3. The van der Waals surface area contributed by atoms with Crippen molar-refractivity contribution in [1.29, 1.82) is 0 Å². The van der Waals surface area contributed by atoms with Gasteiger partial charge < -0.3 is 15.4 Å². The molecular formula is C18H20N2O3. The van der Waals surface area contributed by atoms with Crippen molar-refractivity contribution in [2.24, 2.45) is 0 Å². The van der Waals surface area contributed by atoms with E-state index in [0.29, 0.717) is 5.69 Å². The molecule has 0 saturated carbocycles. The molecule has 5 heteroatoms. The van der Waals surface area contributed by atoms with Crippen LogP contribution in [0.4, 0.5) is 5.69 Å². The summed E-state index contributed by atoms with van der Waals surface area (Å²) >= 11 is 0. The van der Waals surface area contributed by atoms with Gasteiger partial charge in [0.2, 0.25) is 11.8 Å². The van der Waals surface area contributed by atoms with Gasteiger partial charge in [0, 0.05) is 5.69 Å². The zero-order chi connectivity index (χ0) is 16.7. The van der Waals surface area contributed by atoms with E-state index in [9.17, 15) is 9.59 Å². The van der Waals surface area contributed by atoms with Crippen LogP contribution in [0, 0.1) is 6.92 Å². The average molecular weight is 312 g/mol. The molecule has 0 heterocycles. The number of nitrogens with one attached hydrogen (secondary N) is 2. The van der Waals surface area contributed by atoms with Gasteiger partial charge >= 0.3 is 0 Å². The maximum atomic E-state index is 11.8. The Bertz CT molecular complexity index is 664. The number of ether oxygens (including phenoxy) is 1. The van der Waals surface area contributed by atoms with Gasteiger partial charge in [-0.25, -0.2) is 0 Å². The molecule has 0 unspecified atom stereocenters. The third kappa shape index (κ3) is 5.47. The van der Waals surface area contributed by atoms with Gasteiger partial charge in [0.05, 0.1) is 20.1 Å². The summed E-state index contributed by atoms with van der Waals surface area (Å²) in [6, 6.07) is 14.7. The Hall–Kier alpha value is -2.82. The van der Waals surface area contributed by atoms with Crippen molar-refractivity contribution in [2.75, 3.05) is 19.0 Å². The molecule has 120 valence electrons. The molecule has 23 heavy (non-hydrogen) atoms. The molecule has 0 bridgehead atoms. The molecule has 0 fully saturated rings. The molecule has 0 aliphatic heterocycles. The molecule has 2 N–H and O–H groups in total. The van der Waals surface area contributed by atoms with Gasteiger partial charge in [-0.1, -0.05) is 29.8 Å². The van der Waals surface area contributed by atoms with Crippen LogP contribution in [0.2, 0.25) is 0 Å². The molecule has 0 atom stereocenters. The number of rotatable bonds is 6. The summed E-state index contributed by atoms with van der Waals surface area (Å²) in [6.07, 6.45) is 0.224. The Morgan fingerprint density at radius 1 is 0.957 bits per heavy atom. The van der Waals surface area contributed by atoms with E-state index in [0.717, 1.165) is 16.9 Å². The lowest BCUT2D eigenvalue weighted by Crippen LogP contribution is -2.33. The zero-order valence-electron chi connectivity index (χ0n) is 13.3. The van der Waals surface area contributed by atoms with Crippen molar-refractivity contribution in [3.05, 3.63) is 59.7 Å². The first-order chi connectivity index (χ1) is 11.1. The Labute approximate surface area is 135 Å². The number of methoxy groups -OCH3 is 1. The number of hydrogen-bond acceptors (Lipinski definition) is 3. The maximum absolute atomic E-state index is 11.8. The highest BCUT2D eigenvalue weighted by atomic mass is 16.5. The summed E-state index contributed by atoms with van der Waals surface area (Å²) in [6.45, 7) is 1.92. The van der Waals surface area contributed by atoms with E-state index in [1.54, 1.807) is 19.2 Å². The van der Waals surface area contributed by atoms with Gasteiger partial charge in [-0.15, -0.1) is 0 Å². The highest BCUT2D eigenvalue weighted by Gasteiger charge is 2.07. The lowest BCUT2D eigenvalue weighted by Gasteiger charge is -2.08.